The Labute approximate surface area is 86.0 Å². The molecule has 0 radical (unpaired) electrons. The van der Waals surface area contributed by atoms with Gasteiger partial charge in [0.2, 0.25) is 0 Å². The Morgan fingerprint density at radius 1 is 1.14 bits per heavy atom. The quantitative estimate of drug-likeness (QED) is 0.448. The first kappa shape index (κ1) is 13.4. The molecule has 0 bridgehead atoms. The van der Waals surface area contributed by atoms with Crippen LogP contribution in [0.1, 0.15) is 25.7 Å². The molecule has 4 heteroatoms. The Bertz CT molecular complexity index is 139. The van der Waals surface area contributed by atoms with Crippen LogP contribution < -0.4 is 5.32 Å². The summed E-state index contributed by atoms with van der Waals surface area (Å²) in [5, 5.41) is 3.19. The number of hydrogen-bond acceptors (Lipinski definition) is 4. The lowest BCUT2D eigenvalue weighted by atomic mass is 10.2. The first-order chi connectivity index (χ1) is 6.81. The zero-order chi connectivity index (χ0) is 10.6. The largest absolute Gasteiger partial charge is 0.469 e. The predicted octanol–water partition coefficient (Wildman–Crippen LogP) is 0.956. The Kier molecular flexibility index (Phi) is 10.0. The molecule has 0 aliphatic carbocycles. The summed E-state index contributed by atoms with van der Waals surface area (Å²) in [4.78, 5) is 10.7. The molecule has 0 aliphatic rings. The highest BCUT2D eigenvalue weighted by atomic mass is 16.5. The lowest BCUT2D eigenvalue weighted by Gasteiger charge is -2.03. The van der Waals surface area contributed by atoms with Crippen molar-refractivity contribution in [1.29, 1.82) is 0 Å². The van der Waals surface area contributed by atoms with Crippen LogP contribution in [-0.2, 0) is 14.3 Å². The molecule has 0 rings (SSSR count). The lowest BCUT2D eigenvalue weighted by molar-refractivity contribution is -0.140. The van der Waals surface area contributed by atoms with Gasteiger partial charge in [-0.3, -0.25) is 4.79 Å². The van der Waals surface area contributed by atoms with E-state index < -0.39 is 0 Å². The topological polar surface area (TPSA) is 47.6 Å². The maximum absolute atomic E-state index is 10.7. The van der Waals surface area contributed by atoms with Gasteiger partial charge < -0.3 is 14.8 Å². The summed E-state index contributed by atoms with van der Waals surface area (Å²) in [6.07, 6.45) is 3.85. The molecule has 0 heterocycles. The van der Waals surface area contributed by atoms with Crippen molar-refractivity contribution in [3.8, 4) is 0 Å². The number of ether oxygens (including phenoxy) is 2. The molecule has 0 saturated heterocycles. The van der Waals surface area contributed by atoms with Gasteiger partial charge >= 0.3 is 5.97 Å². The number of carbonyl (C=O) groups is 1. The second-order valence-electron chi connectivity index (χ2n) is 3.13. The molecular weight excluding hydrogens is 182 g/mol. The van der Waals surface area contributed by atoms with Crippen LogP contribution in [0.25, 0.3) is 0 Å². The van der Waals surface area contributed by atoms with Gasteiger partial charge in [-0.25, -0.2) is 0 Å². The molecular formula is C10H21NO3. The van der Waals surface area contributed by atoms with Gasteiger partial charge in [0.15, 0.2) is 0 Å². The van der Waals surface area contributed by atoms with E-state index in [4.69, 9.17) is 4.74 Å². The summed E-state index contributed by atoms with van der Waals surface area (Å²) in [6.45, 7) is 2.50. The minimum absolute atomic E-state index is 0.156. The number of unbranched alkanes of at least 4 members (excludes halogenated alkanes) is 2. The zero-order valence-electron chi connectivity index (χ0n) is 9.17. The highest BCUT2D eigenvalue weighted by Gasteiger charge is 1.97. The summed E-state index contributed by atoms with van der Waals surface area (Å²) in [6, 6.07) is 0. The minimum atomic E-state index is -0.156. The van der Waals surface area contributed by atoms with E-state index >= 15 is 0 Å². The molecule has 0 amide bonds. The normalized spacial score (nSPS) is 10.1. The summed E-state index contributed by atoms with van der Waals surface area (Å²) in [7, 11) is 3.13. The number of carbonyl (C=O) groups excluding carboxylic acids is 1. The van der Waals surface area contributed by atoms with Crippen molar-refractivity contribution in [3.63, 3.8) is 0 Å². The number of methoxy groups -OCH3 is 2. The van der Waals surface area contributed by atoms with Crippen molar-refractivity contribution in [2.24, 2.45) is 0 Å². The molecule has 0 aromatic carbocycles. The molecule has 4 nitrogen and oxygen atoms in total. The average Bonchev–Trinajstić information content (AvgIpc) is 2.21. The number of esters is 1. The second-order valence-corrected chi connectivity index (χ2v) is 3.13. The second kappa shape index (κ2) is 10.5. The monoisotopic (exact) mass is 203 g/mol. The number of rotatable bonds is 9. The molecule has 0 aromatic rings. The Morgan fingerprint density at radius 3 is 2.57 bits per heavy atom. The fourth-order valence-corrected chi connectivity index (χ4v) is 1.09. The fourth-order valence-electron chi connectivity index (χ4n) is 1.09. The lowest BCUT2D eigenvalue weighted by Crippen LogP contribution is -2.20. The number of nitrogens with one attached hydrogen (secondary N) is 1. The summed E-state index contributed by atoms with van der Waals surface area (Å²) >= 11 is 0. The Balaban J connectivity index is 2.95. The van der Waals surface area contributed by atoms with Crippen molar-refractivity contribution in [3.05, 3.63) is 0 Å². The summed E-state index contributed by atoms with van der Waals surface area (Å²) in [5.41, 5.74) is 0. The fraction of sp³-hybridized carbons (Fsp3) is 0.900. The van der Waals surface area contributed by atoms with Gasteiger partial charge in [-0.1, -0.05) is 0 Å². The molecule has 0 unspecified atom stereocenters. The van der Waals surface area contributed by atoms with Gasteiger partial charge in [0.05, 0.1) is 13.5 Å². The summed E-state index contributed by atoms with van der Waals surface area (Å²) in [5.74, 6) is -0.156. The van der Waals surface area contributed by atoms with Crippen molar-refractivity contribution in [2.45, 2.75) is 25.7 Å². The third kappa shape index (κ3) is 9.48. The van der Waals surface area contributed by atoms with E-state index in [2.05, 4.69) is 10.1 Å². The maximum Gasteiger partial charge on any atom is 0.306 e. The third-order valence-corrected chi connectivity index (χ3v) is 1.94. The van der Waals surface area contributed by atoms with E-state index in [-0.39, 0.29) is 5.97 Å². The number of hydrogen-bond donors (Lipinski definition) is 1. The first-order valence-electron chi connectivity index (χ1n) is 5.07. The highest BCUT2D eigenvalue weighted by Crippen LogP contribution is 1.93. The smallest absolute Gasteiger partial charge is 0.306 e. The molecule has 0 spiro atoms. The molecule has 0 fully saturated rings. The van der Waals surface area contributed by atoms with Crippen LogP contribution in [-0.4, -0.2) is 39.9 Å². The van der Waals surface area contributed by atoms with Gasteiger partial charge in [0.1, 0.15) is 0 Å². The van der Waals surface area contributed by atoms with Crippen LogP contribution in [0.2, 0.25) is 0 Å². The first-order valence-corrected chi connectivity index (χ1v) is 5.07. The van der Waals surface area contributed by atoms with Crippen LogP contribution in [0, 0.1) is 0 Å². The molecule has 0 atom stereocenters. The van der Waals surface area contributed by atoms with E-state index in [0.717, 1.165) is 26.0 Å². The van der Waals surface area contributed by atoms with Gasteiger partial charge in [-0.2, -0.15) is 0 Å². The van der Waals surface area contributed by atoms with Gasteiger partial charge in [-0.05, 0) is 25.8 Å². The van der Waals surface area contributed by atoms with E-state index in [1.165, 1.54) is 13.5 Å². The van der Waals surface area contributed by atoms with Crippen LogP contribution in [0.5, 0.6) is 0 Å². The van der Waals surface area contributed by atoms with Crippen LogP contribution in [0.4, 0.5) is 0 Å². The van der Waals surface area contributed by atoms with Crippen molar-refractivity contribution in [2.75, 3.05) is 33.9 Å². The van der Waals surface area contributed by atoms with Crippen LogP contribution >= 0.6 is 0 Å². The van der Waals surface area contributed by atoms with Crippen molar-refractivity contribution < 1.29 is 14.3 Å². The average molecular weight is 203 g/mol. The van der Waals surface area contributed by atoms with Crippen LogP contribution in [0.3, 0.4) is 0 Å². The molecule has 0 aromatic heterocycles. The molecule has 14 heavy (non-hydrogen) atoms. The van der Waals surface area contributed by atoms with Crippen molar-refractivity contribution in [1.82, 2.24) is 5.32 Å². The predicted molar refractivity (Wildman–Crippen MR) is 55.2 cm³/mol. The SMILES string of the molecule is COCCCCCNCCC(=O)OC. The third-order valence-electron chi connectivity index (χ3n) is 1.94. The van der Waals surface area contributed by atoms with E-state index in [9.17, 15) is 4.79 Å². The Morgan fingerprint density at radius 2 is 1.93 bits per heavy atom. The molecule has 84 valence electrons. The molecule has 0 saturated carbocycles. The van der Waals surface area contributed by atoms with E-state index in [1.54, 1.807) is 7.11 Å². The van der Waals surface area contributed by atoms with E-state index in [0.29, 0.717) is 13.0 Å². The van der Waals surface area contributed by atoms with Gasteiger partial charge in [-0.15, -0.1) is 0 Å². The standard InChI is InChI=1S/C10H21NO3/c1-13-9-5-3-4-7-11-8-6-10(12)14-2/h11H,3-9H2,1-2H3. The Hall–Kier alpha value is -0.610. The van der Waals surface area contributed by atoms with Crippen molar-refractivity contribution >= 4 is 5.97 Å². The zero-order valence-corrected chi connectivity index (χ0v) is 9.17. The highest BCUT2D eigenvalue weighted by molar-refractivity contribution is 5.69. The molecule has 1 N–H and O–H groups in total. The van der Waals surface area contributed by atoms with E-state index in [1.807, 2.05) is 0 Å². The summed E-state index contributed by atoms with van der Waals surface area (Å²) < 4.78 is 9.45. The minimum Gasteiger partial charge on any atom is -0.469 e. The molecule has 0 aliphatic heterocycles. The maximum atomic E-state index is 10.7. The van der Waals surface area contributed by atoms with Gasteiger partial charge in [0, 0.05) is 20.3 Å². The van der Waals surface area contributed by atoms with Gasteiger partial charge in [0.25, 0.3) is 0 Å². The van der Waals surface area contributed by atoms with Crippen LogP contribution in [0.15, 0.2) is 0 Å².